The lowest BCUT2D eigenvalue weighted by molar-refractivity contribution is -0.124. The van der Waals surface area contributed by atoms with Crippen molar-refractivity contribution in [3.05, 3.63) is 60.8 Å². The summed E-state index contributed by atoms with van der Waals surface area (Å²) >= 11 is 0. The van der Waals surface area contributed by atoms with E-state index in [9.17, 15) is 24.5 Å². The third-order valence-electron chi connectivity index (χ3n) is 6.86. The van der Waals surface area contributed by atoms with Crippen LogP contribution in [0, 0.1) is 0 Å². The van der Waals surface area contributed by atoms with Gasteiger partial charge in [0.1, 0.15) is 0 Å². The van der Waals surface area contributed by atoms with Crippen LogP contribution < -0.4 is 11.1 Å². The Bertz CT molecular complexity index is 904. The number of carbonyl (C=O) groups is 1. The summed E-state index contributed by atoms with van der Waals surface area (Å²) in [5.74, 6) is -0.533. The van der Waals surface area contributed by atoms with Crippen molar-refractivity contribution in [3.63, 3.8) is 0 Å². The first-order valence-electron chi connectivity index (χ1n) is 17.0. The summed E-state index contributed by atoms with van der Waals surface area (Å²) < 4.78 is 21.8. The zero-order chi connectivity index (χ0) is 33.4. The Balaban J connectivity index is 4.73. The van der Waals surface area contributed by atoms with Gasteiger partial charge >= 0.3 is 7.82 Å². The quantitative estimate of drug-likeness (QED) is 0.0306. The van der Waals surface area contributed by atoms with Crippen LogP contribution in [0.15, 0.2) is 60.8 Å². The minimum atomic E-state index is -4.42. The van der Waals surface area contributed by atoms with Crippen LogP contribution in [-0.4, -0.2) is 59.0 Å². The summed E-state index contributed by atoms with van der Waals surface area (Å²) in [4.78, 5) is 22.5. The van der Waals surface area contributed by atoms with Crippen LogP contribution in [-0.2, 0) is 18.4 Å². The van der Waals surface area contributed by atoms with Gasteiger partial charge in [-0.1, -0.05) is 120 Å². The zero-order valence-electron chi connectivity index (χ0n) is 27.9. The second-order valence-electron chi connectivity index (χ2n) is 11.2. The van der Waals surface area contributed by atoms with E-state index >= 15 is 0 Å². The SMILES string of the molecule is CCCC/C=C/CC/C=C/CC/C=C/C(O)C(COP(=O)(O)OCCN)NC(=O)CC(O)/C=C\C/C=C\CCCCCCCC. The van der Waals surface area contributed by atoms with Crippen LogP contribution >= 0.6 is 7.82 Å². The van der Waals surface area contributed by atoms with E-state index in [0.717, 1.165) is 32.1 Å². The molecule has 0 aromatic carbocycles. The summed E-state index contributed by atoms with van der Waals surface area (Å²) in [7, 11) is -4.42. The van der Waals surface area contributed by atoms with E-state index in [1.807, 2.05) is 12.2 Å². The van der Waals surface area contributed by atoms with Gasteiger partial charge in [-0.3, -0.25) is 13.8 Å². The highest BCUT2D eigenvalue weighted by Crippen LogP contribution is 2.43. The number of hydrogen-bond acceptors (Lipinski definition) is 7. The van der Waals surface area contributed by atoms with Crippen LogP contribution in [0.25, 0.3) is 0 Å². The van der Waals surface area contributed by atoms with Crippen molar-refractivity contribution in [2.24, 2.45) is 5.73 Å². The fourth-order valence-electron chi connectivity index (χ4n) is 4.25. The number of phosphoric acid groups is 1. The first kappa shape index (κ1) is 43.2. The van der Waals surface area contributed by atoms with Gasteiger partial charge in [0.25, 0.3) is 0 Å². The molecule has 9 nitrogen and oxygen atoms in total. The molecule has 10 heteroatoms. The van der Waals surface area contributed by atoms with Gasteiger partial charge in [0, 0.05) is 6.54 Å². The number of phosphoric ester groups is 1. The molecule has 6 N–H and O–H groups in total. The molecule has 0 aliphatic rings. The standard InChI is InChI=1S/C35H63N2O7P/c1-3-5-7-9-11-13-15-17-19-21-23-25-27-34(39)33(31-44-45(41,42)43-29-28-36)37-35(40)30-32(38)26-24-22-20-18-16-14-12-10-8-6-4-2/h9,11,17-20,24-27,32-34,38-39H,3-8,10,12-16,21-23,28-31,36H2,1-2H3,(H,37,40)(H,41,42)/b11-9+,19-17+,20-18-,26-24-,27-25+. The van der Waals surface area contributed by atoms with E-state index in [-0.39, 0.29) is 19.6 Å². The molecule has 0 radical (unpaired) electrons. The van der Waals surface area contributed by atoms with E-state index < -0.39 is 38.6 Å². The largest absolute Gasteiger partial charge is 0.472 e. The monoisotopic (exact) mass is 654 g/mol. The average Bonchev–Trinajstić information content (AvgIpc) is 3.01. The molecule has 4 unspecified atom stereocenters. The second-order valence-corrected chi connectivity index (χ2v) is 12.6. The van der Waals surface area contributed by atoms with Gasteiger partial charge < -0.3 is 26.2 Å². The molecule has 1 amide bonds. The van der Waals surface area contributed by atoms with Crippen LogP contribution in [0.4, 0.5) is 0 Å². The minimum Gasteiger partial charge on any atom is -0.389 e. The predicted molar refractivity (Wildman–Crippen MR) is 186 cm³/mol. The number of nitrogens with one attached hydrogen (secondary N) is 1. The molecule has 0 aromatic rings. The van der Waals surface area contributed by atoms with Crippen molar-refractivity contribution in [2.75, 3.05) is 19.8 Å². The van der Waals surface area contributed by atoms with Crippen LogP contribution in [0.3, 0.4) is 0 Å². The van der Waals surface area contributed by atoms with Gasteiger partial charge in [0.15, 0.2) is 0 Å². The van der Waals surface area contributed by atoms with Gasteiger partial charge in [0.05, 0.1) is 37.9 Å². The second kappa shape index (κ2) is 30.8. The number of hydrogen-bond donors (Lipinski definition) is 5. The van der Waals surface area contributed by atoms with E-state index in [4.69, 9.17) is 14.8 Å². The number of allylic oxidation sites excluding steroid dienone is 8. The van der Waals surface area contributed by atoms with Gasteiger partial charge in [0.2, 0.25) is 5.91 Å². The third-order valence-corrected chi connectivity index (χ3v) is 7.84. The van der Waals surface area contributed by atoms with Crippen molar-refractivity contribution >= 4 is 13.7 Å². The number of aliphatic hydroxyl groups excluding tert-OH is 2. The van der Waals surface area contributed by atoms with E-state index in [1.54, 1.807) is 12.2 Å². The fourth-order valence-corrected chi connectivity index (χ4v) is 5.01. The number of amides is 1. The summed E-state index contributed by atoms with van der Waals surface area (Å²) in [5.41, 5.74) is 5.32. The summed E-state index contributed by atoms with van der Waals surface area (Å²) in [6.45, 7) is 3.78. The Hall–Kier alpha value is -1.84. The molecule has 0 saturated carbocycles. The maximum absolute atomic E-state index is 12.6. The van der Waals surface area contributed by atoms with Crippen molar-refractivity contribution < 1.29 is 33.5 Å². The van der Waals surface area contributed by atoms with E-state index in [0.29, 0.717) is 12.8 Å². The molecule has 0 aliphatic heterocycles. The van der Waals surface area contributed by atoms with Crippen molar-refractivity contribution in [1.29, 1.82) is 0 Å². The molecule has 0 heterocycles. The Morgan fingerprint density at radius 1 is 0.756 bits per heavy atom. The van der Waals surface area contributed by atoms with Crippen molar-refractivity contribution in [3.8, 4) is 0 Å². The molecule has 4 atom stereocenters. The number of aliphatic hydroxyl groups is 2. The first-order valence-corrected chi connectivity index (χ1v) is 18.5. The molecular weight excluding hydrogens is 591 g/mol. The molecule has 0 saturated heterocycles. The van der Waals surface area contributed by atoms with Crippen LogP contribution in [0.5, 0.6) is 0 Å². The Labute approximate surface area is 273 Å². The smallest absolute Gasteiger partial charge is 0.389 e. The minimum absolute atomic E-state index is 0.0316. The Morgan fingerprint density at radius 3 is 2.00 bits per heavy atom. The predicted octanol–water partition coefficient (Wildman–Crippen LogP) is 7.35. The molecule has 0 bridgehead atoms. The summed E-state index contributed by atoms with van der Waals surface area (Å²) in [6.07, 6.45) is 33.4. The maximum atomic E-state index is 12.6. The van der Waals surface area contributed by atoms with Crippen molar-refractivity contribution in [2.45, 2.75) is 135 Å². The van der Waals surface area contributed by atoms with Gasteiger partial charge in [-0.25, -0.2) is 4.57 Å². The molecular formula is C35H63N2O7P. The van der Waals surface area contributed by atoms with Gasteiger partial charge in [-0.2, -0.15) is 0 Å². The average molecular weight is 655 g/mol. The lowest BCUT2D eigenvalue weighted by atomic mass is 10.1. The third kappa shape index (κ3) is 29.3. The molecule has 0 fully saturated rings. The van der Waals surface area contributed by atoms with Gasteiger partial charge in [-0.15, -0.1) is 0 Å². The molecule has 45 heavy (non-hydrogen) atoms. The normalized spacial score (nSPS) is 16.0. The number of carbonyl (C=O) groups excluding carboxylic acids is 1. The molecule has 0 spiro atoms. The molecule has 260 valence electrons. The zero-order valence-corrected chi connectivity index (χ0v) is 28.8. The van der Waals surface area contributed by atoms with E-state index in [1.165, 1.54) is 57.4 Å². The topological polar surface area (TPSA) is 151 Å². The van der Waals surface area contributed by atoms with E-state index in [2.05, 4.69) is 49.5 Å². The van der Waals surface area contributed by atoms with Crippen molar-refractivity contribution in [1.82, 2.24) is 5.32 Å². The summed E-state index contributed by atoms with van der Waals surface area (Å²) in [6, 6.07) is -1.04. The number of unbranched alkanes of at least 4 members (excludes halogenated alkanes) is 10. The number of rotatable bonds is 30. The highest BCUT2D eigenvalue weighted by Gasteiger charge is 2.27. The lowest BCUT2D eigenvalue weighted by Gasteiger charge is -2.23. The van der Waals surface area contributed by atoms with Crippen LogP contribution in [0.2, 0.25) is 0 Å². The Kier molecular flexibility index (Phi) is 29.5. The number of nitrogens with two attached hydrogens (primary N) is 1. The molecule has 0 aromatic heterocycles. The fraction of sp³-hybridized carbons (Fsp3) is 0.686. The highest BCUT2D eigenvalue weighted by atomic mass is 31.2. The Morgan fingerprint density at radius 2 is 1.33 bits per heavy atom. The highest BCUT2D eigenvalue weighted by molar-refractivity contribution is 7.47. The van der Waals surface area contributed by atoms with Crippen LogP contribution in [0.1, 0.15) is 117 Å². The maximum Gasteiger partial charge on any atom is 0.472 e. The summed E-state index contributed by atoms with van der Waals surface area (Å²) in [5, 5.41) is 23.6. The first-order chi connectivity index (χ1) is 21.8. The molecule has 0 rings (SSSR count). The van der Waals surface area contributed by atoms with Gasteiger partial charge in [-0.05, 0) is 51.4 Å². The lowest BCUT2D eigenvalue weighted by Crippen LogP contribution is -2.46. The molecule has 0 aliphatic carbocycles.